The van der Waals surface area contributed by atoms with Crippen LogP contribution >= 0.6 is 11.6 Å². The van der Waals surface area contributed by atoms with Gasteiger partial charge in [-0.15, -0.1) is 0 Å². The maximum atomic E-state index is 13.2. The monoisotopic (exact) mass is 1480 g/mol. The number of nitrogens with one attached hydrogen (secondary N) is 4. The number of halogens is 1. The molecule has 0 radical (unpaired) electrons. The van der Waals surface area contributed by atoms with Gasteiger partial charge in [0.2, 0.25) is 54.6 Å². The first-order valence-corrected chi connectivity index (χ1v) is 39.1. The quantitative estimate of drug-likeness (QED) is 0.0376. The number of ether oxygens (including phenoxy) is 3. The molecule has 3 amide bonds. The molecule has 544 valence electrons. The number of methoxy groups -OCH3 is 1. The number of carbonyl (C=O) groups excluding carboxylic acids is 3. The normalized spacial score (nSPS) is 16.6. The lowest BCUT2D eigenvalue weighted by atomic mass is 9.94. The standard InChI is InChI=1S/C27H29N3O5S.C26H26ClN3O4S.C24H25N3O4S.4H2/c1-3-4-16-30(2)36(32,33)21-11-8-19(9-12-21)22-6-5-7-25(28-22)29-26(31)27(14-15-27)20-10-13-23-24(17-20)35-18-34-23;27-20-10-8-19(9-11-20)26(14-15-26)25(32)29-24-5-1-4-23(28-24)18-6-12-22(13-7-18)35(33,34)30-16-2-3-21(30)17-31;1-31-21-8-4-3-6-19(21)24(14-15-24)23(28)27-22-9-5-7-20(26-22)18-12-10-17(11-13-18)16-25-32(2,29)30;;;;/h5-13,17H,3-4,14-16,18H2,1-2H3,(H,28,29,31);1,4-13,21,31H,2-3,14-17H2,(H,28,29,32);3-13,25H,14-16H2,1-2H3,(H,26,27,28);4*1H/t;21-;;;;;/m.1...../s1. The molecule has 22 nitrogen and oxygen atoms in total. The predicted octanol–water partition coefficient (Wildman–Crippen LogP) is 13.2. The van der Waals surface area contributed by atoms with E-state index in [1.165, 1.54) is 8.61 Å². The van der Waals surface area contributed by atoms with Crippen molar-refractivity contribution in [3.8, 4) is 51.0 Å². The number of sulfonamides is 3. The molecule has 3 aromatic heterocycles. The number of rotatable bonds is 24. The Balaban J connectivity index is 0.000000199. The lowest BCUT2D eigenvalue weighted by molar-refractivity contribution is -0.119. The molecule has 5 heterocycles. The minimum atomic E-state index is -3.67. The predicted molar refractivity (Wildman–Crippen MR) is 404 cm³/mol. The van der Waals surface area contributed by atoms with Crippen molar-refractivity contribution in [2.24, 2.45) is 0 Å². The first kappa shape index (κ1) is 73.3. The van der Waals surface area contributed by atoms with Crippen molar-refractivity contribution >= 4 is 76.8 Å². The van der Waals surface area contributed by atoms with Crippen LogP contribution in [0.25, 0.3) is 33.8 Å². The molecule has 6 aromatic carbocycles. The molecule has 4 fully saturated rings. The van der Waals surface area contributed by atoms with E-state index in [1.807, 2.05) is 116 Å². The van der Waals surface area contributed by atoms with Crippen LogP contribution in [-0.2, 0) is 67.2 Å². The van der Waals surface area contributed by atoms with Gasteiger partial charge in [-0.1, -0.05) is 128 Å². The molecule has 5 aliphatic rings. The Morgan fingerprint density at radius 2 is 1.10 bits per heavy atom. The van der Waals surface area contributed by atoms with Gasteiger partial charge in [-0.3, -0.25) is 14.4 Å². The van der Waals surface area contributed by atoms with Crippen LogP contribution in [0.15, 0.2) is 204 Å². The third-order valence-electron chi connectivity index (χ3n) is 19.2. The van der Waals surface area contributed by atoms with E-state index in [1.54, 1.807) is 99.1 Å². The van der Waals surface area contributed by atoms with Crippen molar-refractivity contribution in [1.82, 2.24) is 28.3 Å². The Bertz CT molecular complexity index is 4970. The number of aliphatic hydroxyl groups is 1. The highest BCUT2D eigenvalue weighted by Crippen LogP contribution is 2.53. The average molecular weight is 1480 g/mol. The number of hydrogen-bond acceptors (Lipinski definition) is 16. The van der Waals surface area contributed by atoms with Gasteiger partial charge in [0.15, 0.2) is 11.5 Å². The van der Waals surface area contributed by atoms with Crippen molar-refractivity contribution in [3.05, 3.63) is 221 Å². The van der Waals surface area contributed by atoms with Gasteiger partial charge in [0.25, 0.3) is 0 Å². The number of aliphatic hydroxyl groups excluding tert-OH is 1. The number of benzene rings is 6. The second-order valence-electron chi connectivity index (χ2n) is 26.2. The zero-order chi connectivity index (χ0) is 72.7. The van der Waals surface area contributed by atoms with Crippen molar-refractivity contribution in [1.29, 1.82) is 0 Å². The maximum absolute atomic E-state index is 13.2. The number of anilines is 3. The van der Waals surface area contributed by atoms with E-state index in [0.717, 1.165) is 103 Å². The summed E-state index contributed by atoms with van der Waals surface area (Å²) in [4.78, 5) is 53.7. The number of hydrogen-bond donors (Lipinski definition) is 5. The molecule has 0 unspecified atom stereocenters. The maximum Gasteiger partial charge on any atom is 0.243 e. The Kier molecular flexibility index (Phi) is 22.0. The van der Waals surface area contributed by atoms with Crippen molar-refractivity contribution in [2.75, 3.05) is 62.9 Å². The van der Waals surface area contributed by atoms with Crippen LogP contribution in [0.2, 0.25) is 5.02 Å². The minimum absolute atomic E-state index is 0. The molecule has 2 aliphatic heterocycles. The molecule has 3 saturated carbocycles. The van der Waals surface area contributed by atoms with Gasteiger partial charge in [0, 0.05) is 65.7 Å². The molecule has 3 aliphatic carbocycles. The molecule has 5 N–H and O–H groups in total. The van der Waals surface area contributed by atoms with E-state index in [0.29, 0.717) is 76.3 Å². The van der Waals surface area contributed by atoms with Crippen molar-refractivity contribution < 1.29 is 64.7 Å². The van der Waals surface area contributed by atoms with Gasteiger partial charge >= 0.3 is 0 Å². The van der Waals surface area contributed by atoms with E-state index in [2.05, 4.69) is 35.6 Å². The Morgan fingerprint density at radius 3 is 1.60 bits per heavy atom. The van der Waals surface area contributed by atoms with Gasteiger partial charge in [0.05, 0.1) is 63.1 Å². The number of fused-ring (bicyclic) bond motifs is 1. The summed E-state index contributed by atoms with van der Waals surface area (Å²) in [5, 5.41) is 19.0. The summed E-state index contributed by atoms with van der Waals surface area (Å²) in [6, 6.07) is 57.2. The topological polar surface area (TPSA) is 295 Å². The molecule has 0 bridgehead atoms. The first-order chi connectivity index (χ1) is 49.5. The van der Waals surface area contributed by atoms with Gasteiger partial charge in [-0.05, 0) is 165 Å². The number of amides is 3. The molecule has 9 aromatic rings. The molecule has 14 rings (SSSR count). The molecule has 1 saturated heterocycles. The van der Waals surface area contributed by atoms with Crippen LogP contribution in [-0.4, -0.2) is 125 Å². The van der Waals surface area contributed by atoms with E-state index in [4.69, 9.17) is 25.8 Å². The van der Waals surface area contributed by atoms with E-state index >= 15 is 0 Å². The lowest BCUT2D eigenvalue weighted by Crippen LogP contribution is -2.37. The van der Waals surface area contributed by atoms with Gasteiger partial charge in [-0.2, -0.15) is 4.31 Å². The number of carbonyl (C=O) groups is 3. The molecule has 26 heteroatoms. The number of para-hydroxylation sites is 1. The summed E-state index contributed by atoms with van der Waals surface area (Å²) in [6.07, 6.45) is 8.84. The van der Waals surface area contributed by atoms with E-state index < -0.39 is 46.3 Å². The summed E-state index contributed by atoms with van der Waals surface area (Å²) in [6.45, 7) is 3.16. The first-order valence-electron chi connectivity index (χ1n) is 34.0. The second kappa shape index (κ2) is 30.9. The van der Waals surface area contributed by atoms with Gasteiger partial charge in [-0.25, -0.2) is 49.2 Å². The van der Waals surface area contributed by atoms with Crippen LogP contribution in [0.3, 0.4) is 0 Å². The van der Waals surface area contributed by atoms with Crippen molar-refractivity contribution in [3.63, 3.8) is 0 Å². The number of nitrogens with zero attached hydrogens (tertiary/aromatic N) is 5. The van der Waals surface area contributed by atoms with Crippen LogP contribution in [0.4, 0.5) is 17.5 Å². The molecule has 1 atom stereocenters. The fourth-order valence-electron chi connectivity index (χ4n) is 12.7. The third-order valence-corrected chi connectivity index (χ3v) is 24.0. The Labute approximate surface area is 611 Å². The van der Waals surface area contributed by atoms with Crippen LogP contribution < -0.4 is 34.9 Å². The average Bonchev–Trinajstić information content (AvgIpc) is 1.61. The fraction of sp³-hybridized carbons (Fsp3) is 0.299. The second-order valence-corrected chi connectivity index (χ2v) is 32.4. The van der Waals surface area contributed by atoms with Crippen molar-refractivity contribution in [2.45, 2.75) is 110 Å². The van der Waals surface area contributed by atoms with Crippen LogP contribution in [0.5, 0.6) is 17.2 Å². The summed E-state index contributed by atoms with van der Waals surface area (Å²) >= 11 is 5.99. The van der Waals surface area contributed by atoms with Gasteiger partial charge < -0.3 is 35.3 Å². The lowest BCUT2D eigenvalue weighted by Gasteiger charge is -2.22. The molecule has 0 spiro atoms. The Morgan fingerprint density at radius 1 is 0.612 bits per heavy atom. The zero-order valence-electron chi connectivity index (χ0n) is 57.3. The fourth-order valence-corrected chi connectivity index (χ4v) is 16.2. The SMILES string of the molecule is CCCCN(C)S(=O)(=O)c1ccc(-c2cccc(NC(=O)C3(c4ccc5c(c4)OCO5)CC3)n2)cc1.COc1ccccc1C1(C(=O)Nc2cccc(-c3ccc(CNS(C)(=O)=O)cc3)n2)CC1.O=C(Nc1cccc(-c2ccc(S(=O)(=O)N3CCC[C@@H]3CO)cc2)n1)C1(c2ccc(Cl)cc2)CC1.[HH].[HH].[HH].[HH]. The molecule has 103 heavy (non-hydrogen) atoms. The van der Waals surface area contributed by atoms with Crippen LogP contribution in [0, 0.1) is 0 Å². The molecular weight excluding hydrogens is 1390 g/mol. The van der Waals surface area contributed by atoms with Gasteiger partial charge in [0.1, 0.15) is 23.2 Å². The number of pyridine rings is 3. The highest BCUT2D eigenvalue weighted by atomic mass is 35.5. The van der Waals surface area contributed by atoms with E-state index in [9.17, 15) is 44.7 Å². The highest BCUT2D eigenvalue weighted by Gasteiger charge is 2.54. The third kappa shape index (κ3) is 16.6. The summed E-state index contributed by atoms with van der Waals surface area (Å²) in [7, 11) is -7.24. The molecular formula is C77H88ClN9O13S3. The summed E-state index contributed by atoms with van der Waals surface area (Å²) < 4.78 is 95.7. The van der Waals surface area contributed by atoms with E-state index in [-0.39, 0.29) is 59.2 Å². The summed E-state index contributed by atoms with van der Waals surface area (Å²) in [5.41, 5.74) is 6.19. The largest absolute Gasteiger partial charge is 0.496 e. The Hall–Kier alpha value is -9.44. The number of aromatic nitrogens is 3. The smallest absolute Gasteiger partial charge is 0.243 e. The van der Waals surface area contributed by atoms with Crippen LogP contribution in [0.1, 0.15) is 99.1 Å². The number of unbranched alkanes of at least 4 members (excludes halogenated alkanes) is 1. The minimum Gasteiger partial charge on any atom is -0.496 e. The zero-order valence-corrected chi connectivity index (χ0v) is 60.5. The highest BCUT2D eigenvalue weighted by molar-refractivity contribution is 7.89. The summed E-state index contributed by atoms with van der Waals surface area (Å²) in [5.74, 6) is 3.13.